The molecule has 0 radical (unpaired) electrons. The van der Waals surface area contributed by atoms with Crippen molar-refractivity contribution >= 4 is 28.8 Å². The largest absolute Gasteiger partial charge is 0.384 e. The van der Waals surface area contributed by atoms with Gasteiger partial charge in [-0.3, -0.25) is 5.41 Å². The van der Waals surface area contributed by atoms with Gasteiger partial charge in [-0.25, -0.2) is 0 Å². The van der Waals surface area contributed by atoms with Crippen molar-refractivity contribution in [3.05, 3.63) is 59.1 Å². The van der Waals surface area contributed by atoms with Crippen LogP contribution in [0.3, 0.4) is 0 Å². The molecule has 0 atom stereocenters. The van der Waals surface area contributed by atoms with Crippen LogP contribution in [0.15, 0.2) is 48.5 Å². The van der Waals surface area contributed by atoms with E-state index in [1.54, 1.807) is 12.1 Å². The highest BCUT2D eigenvalue weighted by atomic mass is 35.5. The van der Waals surface area contributed by atoms with Crippen LogP contribution in [0.2, 0.25) is 5.02 Å². The van der Waals surface area contributed by atoms with E-state index < -0.39 is 0 Å². The molecule has 0 spiro atoms. The van der Waals surface area contributed by atoms with Crippen molar-refractivity contribution in [2.24, 2.45) is 5.73 Å². The Morgan fingerprint density at radius 3 is 2.44 bits per heavy atom. The van der Waals surface area contributed by atoms with Gasteiger partial charge in [0.2, 0.25) is 0 Å². The molecule has 2 aromatic carbocycles. The van der Waals surface area contributed by atoms with Gasteiger partial charge in [0, 0.05) is 23.3 Å². The van der Waals surface area contributed by atoms with Crippen LogP contribution in [-0.2, 0) is 0 Å². The van der Waals surface area contributed by atoms with Gasteiger partial charge in [0.1, 0.15) is 5.84 Å². The third-order valence-corrected chi connectivity index (χ3v) is 2.99. The first kappa shape index (κ1) is 12.5. The lowest BCUT2D eigenvalue weighted by Gasteiger charge is -2.22. The molecule has 0 unspecified atom stereocenters. The molecule has 4 heteroatoms. The number of para-hydroxylation sites is 1. The van der Waals surface area contributed by atoms with Crippen LogP contribution >= 0.6 is 11.6 Å². The molecule has 3 nitrogen and oxygen atoms in total. The number of nitrogens with zero attached hydrogens (tertiary/aromatic N) is 1. The van der Waals surface area contributed by atoms with Gasteiger partial charge in [0.15, 0.2) is 0 Å². The number of hydrogen-bond acceptors (Lipinski definition) is 2. The summed E-state index contributed by atoms with van der Waals surface area (Å²) in [7, 11) is 1.94. The van der Waals surface area contributed by atoms with Crippen LogP contribution in [0.4, 0.5) is 11.4 Å². The molecule has 0 aliphatic heterocycles. The van der Waals surface area contributed by atoms with Crippen molar-refractivity contribution in [1.29, 1.82) is 5.41 Å². The fourth-order valence-corrected chi connectivity index (χ4v) is 1.98. The van der Waals surface area contributed by atoms with Gasteiger partial charge in [-0.1, -0.05) is 29.8 Å². The minimum Gasteiger partial charge on any atom is -0.384 e. The predicted molar refractivity (Wildman–Crippen MR) is 77.0 cm³/mol. The topological polar surface area (TPSA) is 53.1 Å². The first-order valence-corrected chi connectivity index (χ1v) is 5.90. The molecule has 0 saturated heterocycles. The Bertz CT molecular complexity index is 567. The molecule has 2 aromatic rings. The summed E-state index contributed by atoms with van der Waals surface area (Å²) in [5, 5.41) is 8.20. The second kappa shape index (κ2) is 5.10. The van der Waals surface area contributed by atoms with Crippen LogP contribution < -0.4 is 10.6 Å². The van der Waals surface area contributed by atoms with Crippen LogP contribution in [0.25, 0.3) is 0 Å². The lowest BCUT2D eigenvalue weighted by Crippen LogP contribution is -2.18. The summed E-state index contributed by atoms with van der Waals surface area (Å²) in [6, 6.07) is 15.3. The maximum Gasteiger partial charge on any atom is 0.124 e. The fourth-order valence-electron chi connectivity index (χ4n) is 1.81. The Hall–Kier alpha value is -2.00. The summed E-state index contributed by atoms with van der Waals surface area (Å²) in [4.78, 5) is 1.98. The third-order valence-electron chi connectivity index (χ3n) is 2.75. The number of anilines is 2. The molecule has 0 aromatic heterocycles. The highest BCUT2D eigenvalue weighted by Crippen LogP contribution is 2.28. The normalized spacial score (nSPS) is 10.1. The first-order chi connectivity index (χ1) is 8.59. The number of amidine groups is 1. The summed E-state index contributed by atoms with van der Waals surface area (Å²) in [6.45, 7) is 0. The standard InChI is InChI=1S/C14H14ClN3/c1-18(11-5-3-2-4-6-11)13-8-7-10(15)9-12(13)14(16)17/h2-9H,1H3,(H3,16,17). The molecule has 0 aliphatic rings. The van der Waals surface area contributed by atoms with Gasteiger partial charge in [-0.15, -0.1) is 0 Å². The van der Waals surface area contributed by atoms with E-state index in [1.807, 2.05) is 48.3 Å². The fraction of sp³-hybridized carbons (Fsp3) is 0.0714. The maximum atomic E-state index is 7.62. The lowest BCUT2D eigenvalue weighted by molar-refractivity contribution is 1.20. The number of rotatable bonds is 3. The number of nitrogens with one attached hydrogen (secondary N) is 1. The molecule has 0 fully saturated rings. The number of nitrogens with two attached hydrogens (primary N) is 1. The second-order valence-corrected chi connectivity index (χ2v) is 4.41. The van der Waals surface area contributed by atoms with E-state index in [0.29, 0.717) is 10.6 Å². The Morgan fingerprint density at radius 1 is 1.17 bits per heavy atom. The summed E-state index contributed by atoms with van der Waals surface area (Å²) in [5.74, 6) is 0.00952. The van der Waals surface area contributed by atoms with Crippen LogP contribution in [0, 0.1) is 5.41 Å². The van der Waals surface area contributed by atoms with Crippen LogP contribution in [0.1, 0.15) is 5.56 Å². The summed E-state index contributed by atoms with van der Waals surface area (Å²) >= 11 is 5.94. The number of hydrogen-bond donors (Lipinski definition) is 2. The molecule has 18 heavy (non-hydrogen) atoms. The summed E-state index contributed by atoms with van der Waals surface area (Å²) in [5.41, 5.74) is 8.12. The maximum absolute atomic E-state index is 7.62. The molecule has 0 saturated carbocycles. The Morgan fingerprint density at radius 2 is 1.83 bits per heavy atom. The van der Waals surface area contributed by atoms with Crippen LogP contribution in [0.5, 0.6) is 0 Å². The monoisotopic (exact) mass is 259 g/mol. The van der Waals surface area contributed by atoms with E-state index in [0.717, 1.165) is 11.4 Å². The van der Waals surface area contributed by atoms with Gasteiger partial charge in [0.25, 0.3) is 0 Å². The van der Waals surface area contributed by atoms with Crippen molar-refractivity contribution in [3.8, 4) is 0 Å². The molecular formula is C14H14ClN3. The predicted octanol–water partition coefficient (Wildman–Crippen LogP) is 3.39. The molecule has 0 aliphatic carbocycles. The minimum atomic E-state index is 0.00952. The van der Waals surface area contributed by atoms with E-state index >= 15 is 0 Å². The van der Waals surface area contributed by atoms with Gasteiger partial charge in [0.05, 0.1) is 5.69 Å². The second-order valence-electron chi connectivity index (χ2n) is 3.97. The summed E-state index contributed by atoms with van der Waals surface area (Å²) in [6.07, 6.45) is 0. The number of nitrogen functional groups attached to an aromatic ring is 1. The zero-order valence-electron chi connectivity index (χ0n) is 10.0. The van der Waals surface area contributed by atoms with Crippen molar-refractivity contribution in [2.75, 3.05) is 11.9 Å². The van der Waals surface area contributed by atoms with Gasteiger partial charge >= 0.3 is 0 Å². The van der Waals surface area contributed by atoms with Crippen molar-refractivity contribution in [2.45, 2.75) is 0 Å². The Labute approximate surface area is 111 Å². The van der Waals surface area contributed by atoms with E-state index in [2.05, 4.69) is 0 Å². The third kappa shape index (κ3) is 2.46. The summed E-state index contributed by atoms with van der Waals surface area (Å²) < 4.78 is 0. The van der Waals surface area contributed by atoms with Crippen molar-refractivity contribution < 1.29 is 0 Å². The Balaban J connectivity index is 2.48. The van der Waals surface area contributed by atoms with Gasteiger partial charge in [-0.05, 0) is 30.3 Å². The highest BCUT2D eigenvalue weighted by molar-refractivity contribution is 6.31. The minimum absolute atomic E-state index is 0.00952. The molecule has 3 N–H and O–H groups in total. The molecule has 0 bridgehead atoms. The number of benzene rings is 2. The SMILES string of the molecule is CN(c1ccccc1)c1ccc(Cl)cc1C(=N)N. The van der Waals surface area contributed by atoms with E-state index in [4.69, 9.17) is 22.7 Å². The van der Waals surface area contributed by atoms with Crippen molar-refractivity contribution in [1.82, 2.24) is 0 Å². The average Bonchev–Trinajstić information content (AvgIpc) is 2.39. The van der Waals surface area contributed by atoms with Crippen LogP contribution in [-0.4, -0.2) is 12.9 Å². The Kier molecular flexibility index (Phi) is 3.53. The average molecular weight is 260 g/mol. The molecule has 2 rings (SSSR count). The number of halogens is 1. The highest BCUT2D eigenvalue weighted by Gasteiger charge is 2.11. The zero-order valence-corrected chi connectivity index (χ0v) is 10.8. The molecule has 0 heterocycles. The lowest BCUT2D eigenvalue weighted by atomic mass is 10.1. The van der Waals surface area contributed by atoms with E-state index in [9.17, 15) is 0 Å². The van der Waals surface area contributed by atoms with Gasteiger partial charge < -0.3 is 10.6 Å². The molecule has 92 valence electrons. The molecular weight excluding hydrogens is 246 g/mol. The zero-order chi connectivity index (χ0) is 13.1. The molecule has 0 amide bonds. The van der Waals surface area contributed by atoms with Crippen molar-refractivity contribution in [3.63, 3.8) is 0 Å². The van der Waals surface area contributed by atoms with E-state index in [1.165, 1.54) is 0 Å². The smallest absolute Gasteiger partial charge is 0.124 e. The quantitative estimate of drug-likeness (QED) is 0.656. The first-order valence-electron chi connectivity index (χ1n) is 5.52. The van der Waals surface area contributed by atoms with E-state index in [-0.39, 0.29) is 5.84 Å². The van der Waals surface area contributed by atoms with Gasteiger partial charge in [-0.2, -0.15) is 0 Å².